The lowest BCUT2D eigenvalue weighted by molar-refractivity contribution is -0.132. The first-order chi connectivity index (χ1) is 14.5. The Hall–Kier alpha value is -2.93. The van der Waals surface area contributed by atoms with Gasteiger partial charge in [0.05, 0.1) is 5.56 Å². The van der Waals surface area contributed by atoms with E-state index in [1.54, 1.807) is 41.1 Å². The lowest BCUT2D eigenvalue weighted by atomic mass is 10.1. The van der Waals surface area contributed by atoms with E-state index in [1.165, 1.54) is 0 Å². The fourth-order valence-corrected chi connectivity index (χ4v) is 4.06. The molecule has 0 bridgehead atoms. The van der Waals surface area contributed by atoms with Gasteiger partial charge in [0.25, 0.3) is 11.7 Å². The van der Waals surface area contributed by atoms with Crippen molar-refractivity contribution in [2.75, 3.05) is 18.4 Å². The molecule has 30 heavy (non-hydrogen) atoms. The summed E-state index contributed by atoms with van der Waals surface area (Å²) in [6, 6.07) is 14.4. The number of nitrogens with zero attached hydrogens (tertiary/aromatic N) is 2. The fourth-order valence-electron chi connectivity index (χ4n) is 3.79. The van der Waals surface area contributed by atoms with Gasteiger partial charge >= 0.3 is 0 Å². The average molecular weight is 468 g/mol. The zero-order valence-electron chi connectivity index (χ0n) is 16.4. The molecule has 0 radical (unpaired) electrons. The summed E-state index contributed by atoms with van der Waals surface area (Å²) in [4.78, 5) is 40.1. The number of anilines is 1. The molecule has 1 aliphatic heterocycles. The fraction of sp³-hybridized carbons (Fsp3) is 0.261. The van der Waals surface area contributed by atoms with Crippen molar-refractivity contribution in [1.29, 1.82) is 0 Å². The zero-order chi connectivity index (χ0) is 21.1. The Morgan fingerprint density at radius 1 is 0.933 bits per heavy atom. The van der Waals surface area contributed by atoms with Crippen molar-refractivity contribution >= 4 is 50.1 Å². The number of ketones is 1. The number of benzene rings is 2. The number of halogens is 1. The molecule has 2 heterocycles. The second kappa shape index (κ2) is 8.83. The van der Waals surface area contributed by atoms with E-state index in [0.29, 0.717) is 16.6 Å². The van der Waals surface area contributed by atoms with Gasteiger partial charge < -0.3 is 14.8 Å². The molecule has 0 aliphatic carbocycles. The summed E-state index contributed by atoms with van der Waals surface area (Å²) < 4.78 is 2.65. The largest absolute Gasteiger partial charge is 0.341 e. The molecule has 0 atom stereocenters. The van der Waals surface area contributed by atoms with E-state index in [0.717, 1.165) is 42.3 Å². The predicted octanol–water partition coefficient (Wildman–Crippen LogP) is 4.24. The number of fused-ring (bicyclic) bond motifs is 1. The molecule has 2 aromatic carbocycles. The van der Waals surface area contributed by atoms with Crippen LogP contribution in [0.3, 0.4) is 0 Å². The minimum Gasteiger partial charge on any atom is -0.341 e. The molecule has 0 saturated carbocycles. The Morgan fingerprint density at radius 2 is 1.63 bits per heavy atom. The highest BCUT2D eigenvalue weighted by atomic mass is 79.9. The monoisotopic (exact) mass is 467 g/mol. The maximum absolute atomic E-state index is 12.9. The Bertz CT molecular complexity index is 1100. The number of carbonyl (C=O) groups excluding carboxylic acids is 3. The van der Waals surface area contributed by atoms with E-state index >= 15 is 0 Å². The molecule has 7 heteroatoms. The number of Topliss-reactive ketones (excluding diaryl/α,β-unsaturated/α-hetero) is 1. The van der Waals surface area contributed by atoms with E-state index in [2.05, 4.69) is 21.2 Å². The first-order valence-electron chi connectivity index (χ1n) is 10.00. The summed E-state index contributed by atoms with van der Waals surface area (Å²) in [6.45, 7) is 1.71. The van der Waals surface area contributed by atoms with E-state index < -0.39 is 11.7 Å². The van der Waals surface area contributed by atoms with Crippen LogP contribution < -0.4 is 5.32 Å². The third kappa shape index (κ3) is 4.31. The Kier molecular flexibility index (Phi) is 5.99. The van der Waals surface area contributed by atoms with E-state index in [1.807, 2.05) is 23.1 Å². The van der Waals surface area contributed by atoms with Crippen LogP contribution in [0.15, 0.2) is 59.2 Å². The zero-order valence-corrected chi connectivity index (χ0v) is 18.0. The van der Waals surface area contributed by atoms with Crippen LogP contribution in [0.25, 0.3) is 10.9 Å². The standard InChI is InChI=1S/C23H22BrN3O3/c24-16-8-10-17(11-9-16)25-23(30)22(29)19-14-27(20-7-3-2-6-18(19)20)15-21(28)26-12-4-1-5-13-26/h2-3,6-11,14H,1,4-5,12-13,15H2,(H,25,30). The molecule has 1 saturated heterocycles. The highest BCUT2D eigenvalue weighted by Crippen LogP contribution is 2.23. The van der Waals surface area contributed by atoms with E-state index in [9.17, 15) is 14.4 Å². The quantitative estimate of drug-likeness (QED) is 0.450. The molecule has 4 rings (SSSR count). The van der Waals surface area contributed by atoms with Gasteiger partial charge in [-0.3, -0.25) is 14.4 Å². The maximum Gasteiger partial charge on any atom is 0.296 e. The van der Waals surface area contributed by atoms with Crippen molar-refractivity contribution in [3.05, 3.63) is 64.8 Å². The number of hydrogen-bond acceptors (Lipinski definition) is 3. The molecule has 0 unspecified atom stereocenters. The number of para-hydroxylation sites is 1. The van der Waals surface area contributed by atoms with Crippen LogP contribution in [0.4, 0.5) is 5.69 Å². The molecule has 1 fully saturated rings. The first-order valence-corrected chi connectivity index (χ1v) is 10.8. The van der Waals surface area contributed by atoms with Crippen LogP contribution in [0, 0.1) is 0 Å². The number of nitrogens with one attached hydrogen (secondary N) is 1. The molecule has 2 amide bonds. The summed E-state index contributed by atoms with van der Waals surface area (Å²) in [6.07, 6.45) is 4.83. The summed E-state index contributed by atoms with van der Waals surface area (Å²) in [5, 5.41) is 3.31. The van der Waals surface area contributed by atoms with E-state index in [4.69, 9.17) is 0 Å². The van der Waals surface area contributed by atoms with Crippen LogP contribution in [-0.4, -0.2) is 40.2 Å². The Morgan fingerprint density at radius 3 is 2.37 bits per heavy atom. The van der Waals surface area contributed by atoms with Crippen molar-refractivity contribution in [1.82, 2.24) is 9.47 Å². The summed E-state index contributed by atoms with van der Waals surface area (Å²) >= 11 is 3.34. The normalized spacial score (nSPS) is 14.0. The maximum atomic E-state index is 12.9. The molecular formula is C23H22BrN3O3. The number of piperidine rings is 1. The molecule has 0 spiro atoms. The SMILES string of the molecule is O=C(Nc1ccc(Br)cc1)C(=O)c1cn(CC(=O)N2CCCCC2)c2ccccc12. The van der Waals surface area contributed by atoms with Crippen molar-refractivity contribution < 1.29 is 14.4 Å². The molecule has 1 aliphatic rings. The van der Waals surface area contributed by atoms with Gasteiger partial charge in [-0.1, -0.05) is 34.1 Å². The second-order valence-electron chi connectivity index (χ2n) is 7.42. The predicted molar refractivity (Wildman–Crippen MR) is 119 cm³/mol. The van der Waals surface area contributed by atoms with Crippen molar-refractivity contribution in [2.24, 2.45) is 0 Å². The van der Waals surface area contributed by atoms with Crippen LogP contribution >= 0.6 is 15.9 Å². The lowest BCUT2D eigenvalue weighted by Gasteiger charge is -2.27. The van der Waals surface area contributed by atoms with Gasteiger partial charge in [-0.25, -0.2) is 0 Å². The molecule has 1 N–H and O–H groups in total. The van der Waals surface area contributed by atoms with Crippen LogP contribution in [-0.2, 0) is 16.1 Å². The summed E-state index contributed by atoms with van der Waals surface area (Å²) in [5.41, 5.74) is 1.61. The number of aromatic nitrogens is 1. The Labute approximate surface area is 183 Å². The molecule has 6 nitrogen and oxygen atoms in total. The minimum absolute atomic E-state index is 0.0359. The van der Waals surface area contributed by atoms with Gasteiger partial charge in [-0.15, -0.1) is 0 Å². The molecule has 3 aromatic rings. The number of rotatable bonds is 5. The minimum atomic E-state index is -0.706. The summed E-state index contributed by atoms with van der Waals surface area (Å²) in [5.74, 6) is -1.30. The first kappa shape index (κ1) is 20.3. The third-order valence-electron chi connectivity index (χ3n) is 5.36. The van der Waals surface area contributed by atoms with Gasteiger partial charge in [0.2, 0.25) is 5.91 Å². The van der Waals surface area contributed by atoms with Gasteiger partial charge in [-0.05, 0) is 49.6 Å². The van der Waals surface area contributed by atoms with Crippen molar-refractivity contribution in [3.63, 3.8) is 0 Å². The van der Waals surface area contributed by atoms with Gasteiger partial charge in [0.15, 0.2) is 0 Å². The van der Waals surface area contributed by atoms with Gasteiger partial charge in [0, 0.05) is 40.3 Å². The third-order valence-corrected chi connectivity index (χ3v) is 5.88. The number of likely N-dealkylation sites (tertiary alicyclic amines) is 1. The van der Waals surface area contributed by atoms with Crippen LogP contribution in [0.2, 0.25) is 0 Å². The van der Waals surface area contributed by atoms with Crippen molar-refractivity contribution in [3.8, 4) is 0 Å². The number of hydrogen-bond donors (Lipinski definition) is 1. The smallest absolute Gasteiger partial charge is 0.296 e. The lowest BCUT2D eigenvalue weighted by Crippen LogP contribution is -2.37. The second-order valence-corrected chi connectivity index (χ2v) is 8.34. The summed E-state index contributed by atoms with van der Waals surface area (Å²) in [7, 11) is 0. The Balaban J connectivity index is 1.57. The highest BCUT2D eigenvalue weighted by molar-refractivity contribution is 9.10. The van der Waals surface area contributed by atoms with Gasteiger partial charge in [-0.2, -0.15) is 0 Å². The van der Waals surface area contributed by atoms with Crippen LogP contribution in [0.5, 0.6) is 0 Å². The molecule has 1 aromatic heterocycles. The number of amides is 2. The van der Waals surface area contributed by atoms with Crippen LogP contribution in [0.1, 0.15) is 29.6 Å². The average Bonchev–Trinajstić information content (AvgIpc) is 3.14. The van der Waals surface area contributed by atoms with E-state index in [-0.39, 0.29) is 12.5 Å². The topological polar surface area (TPSA) is 71.4 Å². The number of carbonyl (C=O) groups is 3. The molecular weight excluding hydrogens is 446 g/mol. The molecule has 154 valence electrons. The van der Waals surface area contributed by atoms with Gasteiger partial charge in [0.1, 0.15) is 6.54 Å². The van der Waals surface area contributed by atoms with Crippen molar-refractivity contribution in [2.45, 2.75) is 25.8 Å². The highest BCUT2D eigenvalue weighted by Gasteiger charge is 2.23.